The van der Waals surface area contributed by atoms with Gasteiger partial charge in [-0.2, -0.15) is 0 Å². The summed E-state index contributed by atoms with van der Waals surface area (Å²) in [6, 6.07) is 0. The number of hydrogen-bond acceptors (Lipinski definition) is 3. The second-order valence-corrected chi connectivity index (χ2v) is 10.6. The van der Waals surface area contributed by atoms with E-state index in [1.165, 1.54) is 12.8 Å². The Morgan fingerprint density at radius 2 is 1.36 bits per heavy atom. The van der Waals surface area contributed by atoms with Crippen molar-refractivity contribution in [2.24, 2.45) is 23.2 Å². The predicted molar refractivity (Wildman–Crippen MR) is 113 cm³/mol. The number of piperazine rings is 1. The molecule has 1 aliphatic carbocycles. The van der Waals surface area contributed by atoms with Crippen molar-refractivity contribution in [3.8, 4) is 0 Å². The van der Waals surface area contributed by atoms with E-state index in [2.05, 4.69) is 21.6 Å². The highest BCUT2D eigenvalue weighted by Gasteiger charge is 2.33. The normalized spacial score (nSPS) is 28.4. The van der Waals surface area contributed by atoms with Crippen molar-refractivity contribution in [2.75, 3.05) is 45.8 Å². The summed E-state index contributed by atoms with van der Waals surface area (Å²) in [6.07, 6.45) is 6.83. The molecule has 0 aromatic carbocycles. The Hall–Kier alpha value is -1.10. The van der Waals surface area contributed by atoms with E-state index in [0.29, 0.717) is 11.8 Å². The molecule has 28 heavy (non-hydrogen) atoms. The van der Waals surface area contributed by atoms with E-state index in [4.69, 9.17) is 0 Å². The number of likely N-dealkylation sites (tertiary alicyclic amines) is 1. The fourth-order valence-corrected chi connectivity index (χ4v) is 5.07. The Balaban J connectivity index is 1.37. The van der Waals surface area contributed by atoms with Gasteiger partial charge in [-0.1, -0.05) is 27.7 Å². The third kappa shape index (κ3) is 5.49. The minimum Gasteiger partial charge on any atom is -0.342 e. The molecule has 2 aliphatic heterocycles. The summed E-state index contributed by atoms with van der Waals surface area (Å²) in [5, 5.41) is 0. The fraction of sp³-hybridized carbons (Fsp3) is 0.913. The fourth-order valence-electron chi connectivity index (χ4n) is 5.07. The molecule has 0 radical (unpaired) electrons. The van der Waals surface area contributed by atoms with Gasteiger partial charge >= 0.3 is 0 Å². The van der Waals surface area contributed by atoms with Gasteiger partial charge in [0, 0.05) is 57.1 Å². The summed E-state index contributed by atoms with van der Waals surface area (Å²) in [6.45, 7) is 15.1. The first-order chi connectivity index (χ1) is 13.2. The zero-order valence-electron chi connectivity index (χ0n) is 18.6. The van der Waals surface area contributed by atoms with Crippen molar-refractivity contribution in [3.63, 3.8) is 0 Å². The van der Waals surface area contributed by atoms with Crippen LogP contribution in [0.5, 0.6) is 0 Å². The van der Waals surface area contributed by atoms with Crippen LogP contribution in [0.25, 0.3) is 0 Å². The van der Waals surface area contributed by atoms with Gasteiger partial charge in [0.15, 0.2) is 0 Å². The van der Waals surface area contributed by atoms with Gasteiger partial charge < -0.3 is 9.80 Å². The van der Waals surface area contributed by atoms with Crippen LogP contribution >= 0.6 is 0 Å². The van der Waals surface area contributed by atoms with E-state index in [0.717, 1.165) is 77.4 Å². The van der Waals surface area contributed by atoms with E-state index in [9.17, 15) is 9.59 Å². The average Bonchev–Trinajstić information content (AvgIpc) is 2.68. The Labute approximate surface area is 171 Å². The predicted octanol–water partition coefficient (Wildman–Crippen LogP) is 3.24. The molecule has 0 aromatic heterocycles. The summed E-state index contributed by atoms with van der Waals surface area (Å²) < 4.78 is 0. The first-order valence-electron chi connectivity index (χ1n) is 11.5. The monoisotopic (exact) mass is 391 g/mol. The molecule has 3 rings (SSSR count). The molecule has 0 spiro atoms. The van der Waals surface area contributed by atoms with Crippen molar-refractivity contribution < 1.29 is 9.59 Å². The number of hydrogen-bond donors (Lipinski definition) is 0. The number of piperidine rings is 1. The molecule has 0 aromatic rings. The standard InChI is InChI=1S/C23H41N3O2/c1-18-5-7-20(8-6-18)21(27)25-15-13-24(14-16-25)17-19-9-11-26(12-10-19)22(28)23(2,3)4/h18-20H,5-17H2,1-4H3. The lowest BCUT2D eigenvalue weighted by atomic mass is 9.82. The summed E-state index contributed by atoms with van der Waals surface area (Å²) in [5.41, 5.74) is -0.272. The van der Waals surface area contributed by atoms with Crippen LogP contribution in [-0.2, 0) is 9.59 Å². The highest BCUT2D eigenvalue weighted by molar-refractivity contribution is 5.81. The SMILES string of the molecule is CC1CCC(C(=O)N2CCN(CC3CCN(C(=O)C(C)(C)C)CC3)CC2)CC1. The molecule has 3 fully saturated rings. The largest absolute Gasteiger partial charge is 0.342 e. The van der Waals surface area contributed by atoms with Crippen LogP contribution in [0, 0.1) is 23.2 Å². The molecular formula is C23H41N3O2. The average molecular weight is 392 g/mol. The molecule has 160 valence electrons. The lowest BCUT2D eigenvalue weighted by Crippen LogP contribution is -2.52. The van der Waals surface area contributed by atoms with Gasteiger partial charge in [0.05, 0.1) is 0 Å². The van der Waals surface area contributed by atoms with Gasteiger partial charge in [-0.3, -0.25) is 14.5 Å². The smallest absolute Gasteiger partial charge is 0.227 e. The highest BCUT2D eigenvalue weighted by atomic mass is 16.2. The maximum Gasteiger partial charge on any atom is 0.227 e. The molecular weight excluding hydrogens is 350 g/mol. The third-order valence-electron chi connectivity index (χ3n) is 7.11. The topological polar surface area (TPSA) is 43.9 Å². The highest BCUT2D eigenvalue weighted by Crippen LogP contribution is 2.30. The van der Waals surface area contributed by atoms with Crippen molar-refractivity contribution in [2.45, 2.75) is 66.2 Å². The van der Waals surface area contributed by atoms with Gasteiger partial charge in [0.2, 0.25) is 11.8 Å². The van der Waals surface area contributed by atoms with Crippen molar-refractivity contribution in [1.29, 1.82) is 0 Å². The summed E-state index contributed by atoms with van der Waals surface area (Å²) >= 11 is 0. The summed E-state index contributed by atoms with van der Waals surface area (Å²) in [5.74, 6) is 2.47. The van der Waals surface area contributed by atoms with Crippen LogP contribution in [0.15, 0.2) is 0 Å². The minimum absolute atomic E-state index is 0.272. The summed E-state index contributed by atoms with van der Waals surface area (Å²) in [4.78, 5) is 32.0. The first-order valence-corrected chi connectivity index (χ1v) is 11.5. The Kier molecular flexibility index (Phi) is 7.06. The van der Waals surface area contributed by atoms with Gasteiger partial charge in [0.25, 0.3) is 0 Å². The number of rotatable bonds is 3. The van der Waals surface area contributed by atoms with E-state index < -0.39 is 0 Å². The lowest BCUT2D eigenvalue weighted by molar-refractivity contribution is -0.141. The third-order valence-corrected chi connectivity index (χ3v) is 7.11. The molecule has 0 unspecified atom stereocenters. The maximum absolute atomic E-state index is 12.8. The zero-order valence-corrected chi connectivity index (χ0v) is 18.6. The molecule has 0 atom stereocenters. The maximum atomic E-state index is 12.8. The van der Waals surface area contributed by atoms with E-state index in [-0.39, 0.29) is 17.2 Å². The molecule has 5 heteroatoms. The molecule has 1 saturated carbocycles. The van der Waals surface area contributed by atoms with Crippen LogP contribution in [0.4, 0.5) is 0 Å². The number of nitrogens with zero attached hydrogens (tertiary/aromatic N) is 3. The summed E-state index contributed by atoms with van der Waals surface area (Å²) in [7, 11) is 0. The Morgan fingerprint density at radius 1 is 0.786 bits per heavy atom. The quantitative estimate of drug-likeness (QED) is 0.742. The van der Waals surface area contributed by atoms with Gasteiger partial charge in [-0.15, -0.1) is 0 Å². The number of carbonyl (C=O) groups is 2. The zero-order chi connectivity index (χ0) is 20.3. The van der Waals surface area contributed by atoms with Crippen molar-refractivity contribution in [1.82, 2.24) is 14.7 Å². The van der Waals surface area contributed by atoms with E-state index in [1.54, 1.807) is 0 Å². The second kappa shape index (κ2) is 9.15. The molecule has 5 nitrogen and oxygen atoms in total. The number of amides is 2. The molecule has 3 aliphatic rings. The van der Waals surface area contributed by atoms with Gasteiger partial charge in [-0.05, 0) is 50.4 Å². The van der Waals surface area contributed by atoms with Crippen LogP contribution in [0.1, 0.15) is 66.2 Å². The van der Waals surface area contributed by atoms with Crippen molar-refractivity contribution >= 4 is 11.8 Å². The van der Waals surface area contributed by atoms with Crippen LogP contribution in [0.3, 0.4) is 0 Å². The number of carbonyl (C=O) groups excluding carboxylic acids is 2. The van der Waals surface area contributed by atoms with E-state index in [1.807, 2.05) is 20.8 Å². The molecule has 2 heterocycles. The van der Waals surface area contributed by atoms with Crippen LogP contribution < -0.4 is 0 Å². The second-order valence-electron chi connectivity index (χ2n) is 10.6. The minimum atomic E-state index is -0.272. The Bertz CT molecular complexity index is 533. The van der Waals surface area contributed by atoms with Crippen LogP contribution in [-0.4, -0.2) is 72.3 Å². The lowest BCUT2D eigenvalue weighted by Gasteiger charge is -2.41. The van der Waals surface area contributed by atoms with Gasteiger partial charge in [-0.25, -0.2) is 0 Å². The first kappa shape index (κ1) is 21.6. The molecule has 0 bridgehead atoms. The van der Waals surface area contributed by atoms with Gasteiger partial charge in [0.1, 0.15) is 0 Å². The van der Waals surface area contributed by atoms with Crippen molar-refractivity contribution in [3.05, 3.63) is 0 Å². The molecule has 0 N–H and O–H groups in total. The van der Waals surface area contributed by atoms with Crippen LogP contribution in [0.2, 0.25) is 0 Å². The molecule has 2 amide bonds. The van der Waals surface area contributed by atoms with E-state index >= 15 is 0 Å². The molecule has 2 saturated heterocycles. The Morgan fingerprint density at radius 3 is 1.89 bits per heavy atom.